The molecule has 0 N–H and O–H groups in total. The molecule has 0 fully saturated rings. The van der Waals surface area contributed by atoms with Gasteiger partial charge in [-0.2, -0.15) is 0 Å². The zero-order chi connectivity index (χ0) is 8.81. The number of alkyl halides is 1. The number of halogens is 1. The Morgan fingerprint density at radius 1 is 1.25 bits per heavy atom. The van der Waals surface area contributed by atoms with Crippen molar-refractivity contribution in [2.45, 2.75) is 13.3 Å². The van der Waals surface area contributed by atoms with E-state index in [1.165, 1.54) is 11.1 Å². The molecule has 0 heterocycles. The molecule has 1 aromatic rings. The number of benzene rings is 1. The van der Waals surface area contributed by atoms with Crippen molar-refractivity contribution in [2.75, 3.05) is 5.88 Å². The molecule has 12 heavy (non-hydrogen) atoms. The third kappa shape index (κ3) is 2.71. The van der Waals surface area contributed by atoms with Crippen molar-refractivity contribution in [1.29, 1.82) is 0 Å². The third-order valence-corrected chi connectivity index (χ3v) is 2.03. The first kappa shape index (κ1) is 9.34. The van der Waals surface area contributed by atoms with Crippen molar-refractivity contribution >= 4 is 11.6 Å². The lowest BCUT2D eigenvalue weighted by atomic mass is 10.1. The Bertz CT molecular complexity index is 263. The van der Waals surface area contributed by atoms with Crippen LogP contribution in [0, 0.1) is 6.92 Å². The molecule has 0 bridgehead atoms. The monoisotopic (exact) mass is 180 g/mol. The molecule has 1 rings (SSSR count). The maximum absolute atomic E-state index is 5.52. The number of allylic oxidation sites excluding steroid dienone is 2. The average molecular weight is 181 g/mol. The van der Waals surface area contributed by atoms with Crippen molar-refractivity contribution < 1.29 is 0 Å². The van der Waals surface area contributed by atoms with Crippen molar-refractivity contribution in [3.63, 3.8) is 0 Å². The molecule has 1 heteroatoms. The molecule has 0 amide bonds. The highest BCUT2D eigenvalue weighted by molar-refractivity contribution is 6.18. The van der Waals surface area contributed by atoms with Gasteiger partial charge in [0.2, 0.25) is 0 Å². The van der Waals surface area contributed by atoms with Gasteiger partial charge in [-0.25, -0.2) is 0 Å². The summed E-state index contributed by atoms with van der Waals surface area (Å²) in [5, 5.41) is 0. The fourth-order valence-corrected chi connectivity index (χ4v) is 1.24. The average Bonchev–Trinajstić information content (AvgIpc) is 2.09. The van der Waals surface area contributed by atoms with Crippen LogP contribution in [0.25, 0.3) is 0 Å². The molecule has 64 valence electrons. The van der Waals surface area contributed by atoms with E-state index in [0.717, 1.165) is 6.42 Å². The van der Waals surface area contributed by atoms with Crippen LogP contribution in [0.4, 0.5) is 0 Å². The number of hydrogen-bond acceptors (Lipinski definition) is 0. The van der Waals surface area contributed by atoms with Crippen molar-refractivity contribution in [3.8, 4) is 0 Å². The second kappa shape index (κ2) is 5.00. The first-order valence-corrected chi connectivity index (χ1v) is 4.63. The summed E-state index contributed by atoms with van der Waals surface area (Å²) >= 11 is 5.52. The first-order valence-electron chi connectivity index (χ1n) is 4.10. The second-order valence-electron chi connectivity index (χ2n) is 2.76. The lowest BCUT2D eigenvalue weighted by molar-refractivity contribution is 1.21. The summed E-state index contributed by atoms with van der Waals surface area (Å²) in [4.78, 5) is 0. The highest BCUT2D eigenvalue weighted by Gasteiger charge is 1.91. The van der Waals surface area contributed by atoms with Crippen LogP contribution in [-0.2, 0) is 6.42 Å². The van der Waals surface area contributed by atoms with Gasteiger partial charge in [-0.1, -0.05) is 36.4 Å². The van der Waals surface area contributed by atoms with Gasteiger partial charge < -0.3 is 0 Å². The maximum Gasteiger partial charge on any atom is 0.0404 e. The van der Waals surface area contributed by atoms with Gasteiger partial charge in [0.1, 0.15) is 0 Å². The number of rotatable bonds is 3. The SMILES string of the molecule is Cc1ccccc1CC=CCCl. The Kier molecular flexibility index (Phi) is 3.89. The second-order valence-corrected chi connectivity index (χ2v) is 3.06. The summed E-state index contributed by atoms with van der Waals surface area (Å²) in [5.74, 6) is 0.603. The van der Waals surface area contributed by atoms with E-state index >= 15 is 0 Å². The van der Waals surface area contributed by atoms with Crippen LogP contribution in [0.3, 0.4) is 0 Å². The van der Waals surface area contributed by atoms with Crippen LogP contribution in [0.2, 0.25) is 0 Å². The smallest absolute Gasteiger partial charge is 0.0404 e. The van der Waals surface area contributed by atoms with Gasteiger partial charge in [0.15, 0.2) is 0 Å². The van der Waals surface area contributed by atoms with Crippen molar-refractivity contribution in [1.82, 2.24) is 0 Å². The van der Waals surface area contributed by atoms with Crippen LogP contribution in [0.15, 0.2) is 36.4 Å². The normalized spacial score (nSPS) is 10.8. The summed E-state index contributed by atoms with van der Waals surface area (Å²) in [6, 6.07) is 8.40. The Balaban J connectivity index is 2.63. The Labute approximate surface area is 78.9 Å². The topological polar surface area (TPSA) is 0 Å². The van der Waals surface area contributed by atoms with E-state index in [1.54, 1.807) is 0 Å². The molecular formula is C11H13Cl. The molecule has 0 radical (unpaired) electrons. The van der Waals surface area contributed by atoms with E-state index in [0.29, 0.717) is 5.88 Å². The summed E-state index contributed by atoms with van der Waals surface area (Å²) < 4.78 is 0. The number of aryl methyl sites for hydroxylation is 1. The molecule has 0 saturated heterocycles. The predicted octanol–water partition coefficient (Wildman–Crippen LogP) is 3.33. The summed E-state index contributed by atoms with van der Waals surface area (Å²) in [7, 11) is 0. The lowest BCUT2D eigenvalue weighted by Crippen LogP contribution is -1.85. The van der Waals surface area contributed by atoms with Crippen LogP contribution in [-0.4, -0.2) is 5.88 Å². The van der Waals surface area contributed by atoms with E-state index in [9.17, 15) is 0 Å². The molecule has 0 aromatic heterocycles. The molecule has 0 saturated carbocycles. The molecule has 0 aliphatic carbocycles. The summed E-state index contributed by atoms with van der Waals surface area (Å²) in [6.45, 7) is 2.13. The van der Waals surface area contributed by atoms with Gasteiger partial charge >= 0.3 is 0 Å². The first-order chi connectivity index (χ1) is 5.84. The molecule has 0 aliphatic rings. The molecule has 1 aromatic carbocycles. The Morgan fingerprint density at radius 3 is 2.67 bits per heavy atom. The fraction of sp³-hybridized carbons (Fsp3) is 0.273. The van der Waals surface area contributed by atoms with E-state index in [1.807, 2.05) is 6.08 Å². The largest absolute Gasteiger partial charge is 0.122 e. The minimum absolute atomic E-state index is 0.603. The van der Waals surface area contributed by atoms with Gasteiger partial charge in [-0.15, -0.1) is 11.6 Å². The summed E-state index contributed by atoms with van der Waals surface area (Å²) in [5.41, 5.74) is 2.72. The summed E-state index contributed by atoms with van der Waals surface area (Å²) in [6.07, 6.45) is 5.07. The molecular weight excluding hydrogens is 168 g/mol. The molecule has 0 aliphatic heterocycles. The minimum atomic E-state index is 0.603. The van der Waals surface area contributed by atoms with E-state index < -0.39 is 0 Å². The standard InChI is InChI=1S/C11H13Cl/c1-10-6-2-3-7-11(10)8-4-5-9-12/h2-7H,8-9H2,1H3. The van der Waals surface area contributed by atoms with Crippen LogP contribution >= 0.6 is 11.6 Å². The van der Waals surface area contributed by atoms with E-state index in [4.69, 9.17) is 11.6 Å². The Hall–Kier alpha value is -0.750. The number of hydrogen-bond donors (Lipinski definition) is 0. The highest BCUT2D eigenvalue weighted by atomic mass is 35.5. The highest BCUT2D eigenvalue weighted by Crippen LogP contribution is 2.07. The van der Waals surface area contributed by atoms with E-state index in [-0.39, 0.29) is 0 Å². The quantitative estimate of drug-likeness (QED) is 0.495. The maximum atomic E-state index is 5.52. The zero-order valence-electron chi connectivity index (χ0n) is 7.26. The van der Waals surface area contributed by atoms with Gasteiger partial charge in [-0.3, -0.25) is 0 Å². The predicted molar refractivity (Wildman–Crippen MR) is 54.7 cm³/mol. The van der Waals surface area contributed by atoms with Crippen LogP contribution in [0.5, 0.6) is 0 Å². The minimum Gasteiger partial charge on any atom is -0.122 e. The fourth-order valence-electron chi connectivity index (χ4n) is 1.11. The van der Waals surface area contributed by atoms with E-state index in [2.05, 4.69) is 37.3 Å². The zero-order valence-corrected chi connectivity index (χ0v) is 8.01. The molecule has 0 unspecified atom stereocenters. The van der Waals surface area contributed by atoms with Gasteiger partial charge in [0.25, 0.3) is 0 Å². The molecule has 0 atom stereocenters. The third-order valence-electron chi connectivity index (χ3n) is 1.85. The molecule has 0 nitrogen and oxygen atoms in total. The lowest BCUT2D eigenvalue weighted by Gasteiger charge is -2.00. The molecule has 0 spiro atoms. The van der Waals surface area contributed by atoms with Gasteiger partial charge in [0, 0.05) is 5.88 Å². The Morgan fingerprint density at radius 2 is 2.00 bits per heavy atom. The van der Waals surface area contributed by atoms with Crippen molar-refractivity contribution in [2.24, 2.45) is 0 Å². The van der Waals surface area contributed by atoms with Crippen LogP contribution in [0.1, 0.15) is 11.1 Å². The van der Waals surface area contributed by atoms with Gasteiger partial charge in [-0.05, 0) is 24.5 Å². The van der Waals surface area contributed by atoms with Crippen LogP contribution < -0.4 is 0 Å². The van der Waals surface area contributed by atoms with Crippen molar-refractivity contribution in [3.05, 3.63) is 47.5 Å². The van der Waals surface area contributed by atoms with Gasteiger partial charge in [0.05, 0.1) is 0 Å².